The van der Waals surface area contributed by atoms with E-state index in [1.165, 1.54) is 13.2 Å². The first-order valence-corrected chi connectivity index (χ1v) is 7.79. The Balaban J connectivity index is 2.04. The number of aryl methyl sites for hydroxylation is 1. The molecular weight excluding hydrogens is 292 g/mol. The fourth-order valence-corrected chi connectivity index (χ4v) is 3.06. The summed E-state index contributed by atoms with van der Waals surface area (Å²) in [6, 6.07) is 9.03. The molecule has 5 heteroatoms. The number of amides is 1. The Morgan fingerprint density at radius 2 is 2.09 bits per heavy atom. The monoisotopic (exact) mass is 312 g/mol. The third-order valence-corrected chi connectivity index (χ3v) is 4.15. The van der Waals surface area contributed by atoms with Crippen molar-refractivity contribution in [3.8, 4) is 5.75 Å². The third kappa shape index (κ3) is 2.99. The van der Waals surface area contributed by atoms with Gasteiger partial charge in [-0.05, 0) is 43.9 Å². The van der Waals surface area contributed by atoms with Gasteiger partial charge >= 0.3 is 0 Å². The molecule has 120 valence electrons. The van der Waals surface area contributed by atoms with Crippen molar-refractivity contribution in [2.75, 3.05) is 12.4 Å². The first kappa shape index (κ1) is 15.3. The van der Waals surface area contributed by atoms with Crippen LogP contribution >= 0.6 is 0 Å². The van der Waals surface area contributed by atoms with E-state index in [1.807, 2.05) is 31.2 Å². The number of benzene rings is 1. The summed E-state index contributed by atoms with van der Waals surface area (Å²) in [5.41, 5.74) is 2.93. The van der Waals surface area contributed by atoms with Gasteiger partial charge in [0.15, 0.2) is 0 Å². The zero-order valence-electron chi connectivity index (χ0n) is 13.4. The van der Waals surface area contributed by atoms with Crippen LogP contribution in [0.5, 0.6) is 5.75 Å². The third-order valence-electron chi connectivity index (χ3n) is 4.15. The Hall–Kier alpha value is -2.56. The lowest BCUT2D eigenvalue weighted by atomic mass is 10.0. The highest BCUT2D eigenvalue weighted by molar-refractivity contribution is 6.07. The van der Waals surface area contributed by atoms with E-state index < -0.39 is 0 Å². The molecular formula is C18H20N2O3. The molecule has 2 heterocycles. The molecule has 3 rings (SSSR count). The molecule has 1 amide bonds. The number of nitrogens with zero attached hydrogens (tertiary/aromatic N) is 1. The maximum atomic E-state index is 12.8. The molecule has 0 fully saturated rings. The van der Waals surface area contributed by atoms with Crippen LogP contribution in [0.2, 0.25) is 0 Å². The Kier molecular flexibility index (Phi) is 4.19. The summed E-state index contributed by atoms with van der Waals surface area (Å²) in [5, 5.41) is 2.91. The molecule has 1 aliphatic heterocycles. The second-order valence-corrected chi connectivity index (χ2v) is 5.80. The van der Waals surface area contributed by atoms with Crippen LogP contribution in [0.15, 0.2) is 35.1 Å². The quantitative estimate of drug-likeness (QED) is 0.948. The van der Waals surface area contributed by atoms with E-state index in [4.69, 9.17) is 4.74 Å². The van der Waals surface area contributed by atoms with Crippen LogP contribution in [-0.2, 0) is 13.0 Å². The van der Waals surface area contributed by atoms with Crippen LogP contribution in [0, 0.1) is 6.92 Å². The summed E-state index contributed by atoms with van der Waals surface area (Å²) in [7, 11) is 1.48. The molecule has 1 aromatic carbocycles. The molecule has 1 aliphatic rings. The first-order valence-electron chi connectivity index (χ1n) is 7.79. The van der Waals surface area contributed by atoms with Crippen molar-refractivity contribution in [3.05, 3.63) is 57.5 Å². The molecule has 0 aliphatic carbocycles. The van der Waals surface area contributed by atoms with E-state index in [9.17, 15) is 9.59 Å². The van der Waals surface area contributed by atoms with Crippen molar-refractivity contribution in [1.29, 1.82) is 0 Å². The Morgan fingerprint density at radius 1 is 1.26 bits per heavy atom. The van der Waals surface area contributed by atoms with Crippen molar-refractivity contribution in [1.82, 2.24) is 4.57 Å². The molecule has 5 nitrogen and oxygen atoms in total. The minimum Gasteiger partial charge on any atom is -0.496 e. The molecule has 1 aromatic heterocycles. The second-order valence-electron chi connectivity index (χ2n) is 5.80. The van der Waals surface area contributed by atoms with E-state index >= 15 is 0 Å². The van der Waals surface area contributed by atoms with Crippen molar-refractivity contribution in [2.45, 2.75) is 32.7 Å². The summed E-state index contributed by atoms with van der Waals surface area (Å²) in [6.45, 7) is 2.63. The minimum absolute atomic E-state index is 0.108. The summed E-state index contributed by atoms with van der Waals surface area (Å²) < 4.78 is 6.99. The van der Waals surface area contributed by atoms with E-state index in [-0.39, 0.29) is 11.5 Å². The van der Waals surface area contributed by atoms with Crippen molar-refractivity contribution < 1.29 is 9.53 Å². The van der Waals surface area contributed by atoms with Gasteiger partial charge in [0.1, 0.15) is 11.3 Å². The average molecular weight is 312 g/mol. The van der Waals surface area contributed by atoms with Crippen LogP contribution in [0.1, 0.15) is 34.5 Å². The highest BCUT2D eigenvalue weighted by atomic mass is 16.5. The molecule has 2 aromatic rings. The van der Waals surface area contributed by atoms with Crippen LogP contribution in [0.25, 0.3) is 0 Å². The normalized spacial score (nSPS) is 13.3. The minimum atomic E-state index is -0.238. The molecule has 0 bridgehead atoms. The predicted molar refractivity (Wildman–Crippen MR) is 89.3 cm³/mol. The zero-order valence-corrected chi connectivity index (χ0v) is 13.4. The van der Waals surface area contributed by atoms with Gasteiger partial charge in [0.2, 0.25) is 0 Å². The van der Waals surface area contributed by atoms with Crippen molar-refractivity contribution in [2.24, 2.45) is 0 Å². The SMILES string of the molecule is COc1cc(=O)n2c(c1C(=O)Nc1cccc(C)c1)CCCC2. The summed E-state index contributed by atoms with van der Waals surface area (Å²) in [5.74, 6) is 0.103. The largest absolute Gasteiger partial charge is 0.496 e. The average Bonchev–Trinajstić information content (AvgIpc) is 2.54. The molecule has 0 saturated carbocycles. The number of carbonyl (C=O) groups is 1. The molecule has 0 radical (unpaired) electrons. The van der Waals surface area contributed by atoms with Gasteiger partial charge in [-0.2, -0.15) is 0 Å². The van der Waals surface area contributed by atoms with Crippen molar-refractivity contribution in [3.63, 3.8) is 0 Å². The van der Waals surface area contributed by atoms with Gasteiger partial charge in [-0.1, -0.05) is 12.1 Å². The lowest BCUT2D eigenvalue weighted by Crippen LogP contribution is -2.30. The zero-order chi connectivity index (χ0) is 16.4. The van der Waals surface area contributed by atoms with Crippen LogP contribution in [0.4, 0.5) is 5.69 Å². The van der Waals surface area contributed by atoms with Gasteiger partial charge < -0.3 is 14.6 Å². The fourth-order valence-electron chi connectivity index (χ4n) is 3.06. The van der Waals surface area contributed by atoms with E-state index in [1.54, 1.807) is 4.57 Å². The molecule has 0 spiro atoms. The number of fused-ring (bicyclic) bond motifs is 1. The maximum absolute atomic E-state index is 12.8. The Bertz CT molecular complexity index is 808. The standard InChI is InChI=1S/C18H20N2O3/c1-12-6-5-7-13(10-12)19-18(22)17-14-8-3-4-9-20(14)16(21)11-15(17)23-2/h5-7,10-11H,3-4,8-9H2,1-2H3,(H,19,22). The van der Waals surface area contributed by atoms with Crippen molar-refractivity contribution >= 4 is 11.6 Å². The van der Waals surface area contributed by atoms with Gasteiger partial charge in [0, 0.05) is 24.0 Å². The highest BCUT2D eigenvalue weighted by Crippen LogP contribution is 2.26. The van der Waals surface area contributed by atoms with E-state index in [0.717, 1.165) is 29.8 Å². The number of carbonyl (C=O) groups excluding carboxylic acids is 1. The Morgan fingerprint density at radius 3 is 2.83 bits per heavy atom. The lowest BCUT2D eigenvalue weighted by molar-refractivity contribution is 0.102. The van der Waals surface area contributed by atoms with Crippen LogP contribution in [-0.4, -0.2) is 17.6 Å². The van der Waals surface area contributed by atoms with E-state index in [0.29, 0.717) is 24.3 Å². The van der Waals surface area contributed by atoms with Gasteiger partial charge in [-0.15, -0.1) is 0 Å². The number of hydrogen-bond acceptors (Lipinski definition) is 3. The van der Waals surface area contributed by atoms with Gasteiger partial charge in [-0.25, -0.2) is 0 Å². The van der Waals surface area contributed by atoms with Crippen LogP contribution < -0.4 is 15.6 Å². The topological polar surface area (TPSA) is 60.3 Å². The summed E-state index contributed by atoms with van der Waals surface area (Å²) in [6.07, 6.45) is 2.64. The van der Waals surface area contributed by atoms with Crippen LogP contribution in [0.3, 0.4) is 0 Å². The number of anilines is 1. The summed E-state index contributed by atoms with van der Waals surface area (Å²) in [4.78, 5) is 25.0. The number of ether oxygens (including phenoxy) is 1. The number of pyridine rings is 1. The number of hydrogen-bond donors (Lipinski definition) is 1. The number of rotatable bonds is 3. The van der Waals surface area contributed by atoms with Gasteiger partial charge in [0.25, 0.3) is 11.5 Å². The van der Waals surface area contributed by atoms with Gasteiger partial charge in [0.05, 0.1) is 7.11 Å². The Labute approximate surface area is 134 Å². The predicted octanol–water partition coefficient (Wildman–Crippen LogP) is 2.75. The number of nitrogens with one attached hydrogen (secondary N) is 1. The van der Waals surface area contributed by atoms with Gasteiger partial charge in [-0.3, -0.25) is 9.59 Å². The number of aromatic nitrogens is 1. The highest BCUT2D eigenvalue weighted by Gasteiger charge is 2.24. The molecule has 0 atom stereocenters. The number of methoxy groups -OCH3 is 1. The molecule has 0 unspecified atom stereocenters. The van der Waals surface area contributed by atoms with E-state index in [2.05, 4.69) is 5.32 Å². The molecule has 0 saturated heterocycles. The second kappa shape index (κ2) is 6.28. The first-order chi connectivity index (χ1) is 11.1. The summed E-state index contributed by atoms with van der Waals surface area (Å²) >= 11 is 0. The lowest BCUT2D eigenvalue weighted by Gasteiger charge is -2.22. The smallest absolute Gasteiger partial charge is 0.261 e. The molecule has 1 N–H and O–H groups in total. The maximum Gasteiger partial charge on any atom is 0.261 e. The molecule has 23 heavy (non-hydrogen) atoms. The fraction of sp³-hybridized carbons (Fsp3) is 0.333.